The van der Waals surface area contributed by atoms with Crippen molar-refractivity contribution in [1.29, 1.82) is 0 Å². The van der Waals surface area contributed by atoms with Crippen molar-refractivity contribution >= 4 is 33.2 Å². The Labute approximate surface area is 120 Å². The molecule has 8 heteroatoms. The van der Waals surface area contributed by atoms with Crippen molar-refractivity contribution in [3.05, 3.63) is 55.9 Å². The lowest BCUT2D eigenvalue weighted by molar-refractivity contribution is -0.386. The zero-order valence-electron chi connectivity index (χ0n) is 9.14. The number of aromatic nitrogens is 1. The van der Waals surface area contributed by atoms with Crippen LogP contribution in [-0.4, -0.2) is 9.91 Å². The minimum atomic E-state index is -0.652. The third kappa shape index (κ3) is 3.18. The van der Waals surface area contributed by atoms with Crippen LogP contribution in [-0.2, 0) is 0 Å². The van der Waals surface area contributed by atoms with Crippen LogP contribution in [0.1, 0.15) is 0 Å². The Bertz CT molecular complexity index is 654. The van der Waals surface area contributed by atoms with E-state index in [1.54, 1.807) is 0 Å². The average molecular weight is 348 g/mol. The number of halogens is 3. The molecule has 0 N–H and O–H groups in total. The fourth-order valence-corrected chi connectivity index (χ4v) is 1.76. The molecule has 0 atom stereocenters. The first-order valence-electron chi connectivity index (χ1n) is 4.90. The molecule has 0 fully saturated rings. The van der Waals surface area contributed by atoms with Crippen molar-refractivity contribution in [2.75, 3.05) is 0 Å². The van der Waals surface area contributed by atoms with Gasteiger partial charge in [-0.3, -0.25) is 10.1 Å². The number of benzene rings is 1. The van der Waals surface area contributed by atoms with Gasteiger partial charge in [0.1, 0.15) is 5.82 Å². The zero-order valence-corrected chi connectivity index (χ0v) is 11.5. The number of hydrogen-bond acceptors (Lipinski definition) is 4. The van der Waals surface area contributed by atoms with Crippen LogP contribution >= 0.6 is 27.5 Å². The van der Waals surface area contributed by atoms with Crippen LogP contribution in [0.3, 0.4) is 0 Å². The van der Waals surface area contributed by atoms with Gasteiger partial charge in [-0.15, -0.1) is 0 Å². The molecule has 0 aliphatic carbocycles. The Kier molecular flexibility index (Phi) is 3.96. The predicted molar refractivity (Wildman–Crippen MR) is 70.1 cm³/mol. The molecule has 0 radical (unpaired) electrons. The minimum Gasteiger partial charge on any atom is -0.432 e. The molecule has 0 aliphatic heterocycles. The molecule has 0 aliphatic rings. The van der Waals surface area contributed by atoms with Gasteiger partial charge in [0.25, 0.3) is 5.88 Å². The summed E-state index contributed by atoms with van der Waals surface area (Å²) < 4.78 is 18.7. The summed E-state index contributed by atoms with van der Waals surface area (Å²) >= 11 is 8.88. The van der Waals surface area contributed by atoms with Gasteiger partial charge in [0.05, 0.1) is 9.95 Å². The van der Waals surface area contributed by atoms with Crippen molar-refractivity contribution in [2.24, 2.45) is 0 Å². The highest BCUT2D eigenvalue weighted by atomic mass is 79.9. The van der Waals surface area contributed by atoms with Gasteiger partial charge in [0.15, 0.2) is 5.75 Å². The fourth-order valence-electron chi connectivity index (χ4n) is 1.29. The third-order valence-corrected chi connectivity index (χ3v) is 2.84. The number of pyridine rings is 1. The van der Waals surface area contributed by atoms with Crippen LogP contribution in [0, 0.1) is 15.9 Å². The Morgan fingerprint density at radius 3 is 2.84 bits per heavy atom. The molecule has 2 aromatic rings. The molecule has 5 nitrogen and oxygen atoms in total. The van der Waals surface area contributed by atoms with Gasteiger partial charge in [-0.1, -0.05) is 11.6 Å². The first kappa shape index (κ1) is 13.7. The summed E-state index contributed by atoms with van der Waals surface area (Å²) in [4.78, 5) is 14.0. The normalized spacial score (nSPS) is 10.3. The maximum atomic E-state index is 13.1. The first-order valence-corrected chi connectivity index (χ1v) is 6.07. The smallest absolute Gasteiger partial charge is 0.332 e. The average Bonchev–Trinajstić information content (AvgIpc) is 2.35. The molecule has 1 aromatic carbocycles. The maximum absolute atomic E-state index is 13.1. The summed E-state index contributed by atoms with van der Waals surface area (Å²) in [7, 11) is 0. The van der Waals surface area contributed by atoms with Crippen molar-refractivity contribution in [1.82, 2.24) is 4.98 Å². The van der Waals surface area contributed by atoms with Gasteiger partial charge in [-0.05, 0) is 28.1 Å². The van der Waals surface area contributed by atoms with E-state index in [9.17, 15) is 14.5 Å². The maximum Gasteiger partial charge on any atom is 0.332 e. The van der Waals surface area contributed by atoms with Crippen molar-refractivity contribution in [3.8, 4) is 11.6 Å². The predicted octanol–water partition coefficient (Wildman–Crippen LogP) is 4.34. The summed E-state index contributed by atoms with van der Waals surface area (Å²) in [6.45, 7) is 0. The van der Waals surface area contributed by atoms with E-state index in [4.69, 9.17) is 16.3 Å². The lowest BCUT2D eigenvalue weighted by Crippen LogP contribution is -1.96. The molecule has 0 saturated carbocycles. The Morgan fingerprint density at radius 1 is 1.42 bits per heavy atom. The number of hydrogen-bond donors (Lipinski definition) is 0. The van der Waals surface area contributed by atoms with E-state index in [1.807, 2.05) is 0 Å². The van der Waals surface area contributed by atoms with Crippen LogP contribution in [0.25, 0.3) is 0 Å². The number of nitrogens with zero attached hydrogens (tertiary/aromatic N) is 2. The van der Waals surface area contributed by atoms with E-state index in [2.05, 4.69) is 20.9 Å². The molecule has 0 saturated heterocycles. The fraction of sp³-hybridized carbons (Fsp3) is 0. The largest absolute Gasteiger partial charge is 0.432 e. The molecule has 1 aromatic heterocycles. The van der Waals surface area contributed by atoms with E-state index in [0.717, 1.165) is 12.1 Å². The zero-order chi connectivity index (χ0) is 14.0. The standard InChI is InChI=1S/C11H5BrClFN2O3/c12-6-3-9(16(17)18)11(15-5-6)19-10-4-7(14)1-2-8(10)13/h1-5H. The number of rotatable bonds is 3. The lowest BCUT2D eigenvalue weighted by Gasteiger charge is -2.07. The molecular weight excluding hydrogens is 342 g/mol. The topological polar surface area (TPSA) is 65.3 Å². The second-order valence-corrected chi connectivity index (χ2v) is 4.73. The van der Waals surface area contributed by atoms with Gasteiger partial charge in [-0.25, -0.2) is 9.37 Å². The van der Waals surface area contributed by atoms with E-state index < -0.39 is 10.7 Å². The van der Waals surface area contributed by atoms with Crippen LogP contribution in [0.4, 0.5) is 10.1 Å². The van der Waals surface area contributed by atoms with Crippen LogP contribution in [0.5, 0.6) is 11.6 Å². The van der Waals surface area contributed by atoms with Gasteiger partial charge < -0.3 is 4.74 Å². The molecule has 98 valence electrons. The molecular formula is C11H5BrClFN2O3. The summed E-state index contributed by atoms with van der Waals surface area (Å²) in [6, 6.07) is 4.70. The quantitative estimate of drug-likeness (QED) is 0.612. The molecule has 1 heterocycles. The molecule has 19 heavy (non-hydrogen) atoms. The van der Waals surface area contributed by atoms with Crippen molar-refractivity contribution in [2.45, 2.75) is 0 Å². The van der Waals surface area contributed by atoms with Crippen molar-refractivity contribution in [3.63, 3.8) is 0 Å². The SMILES string of the molecule is O=[N+]([O-])c1cc(Br)cnc1Oc1cc(F)ccc1Cl. The molecule has 0 bridgehead atoms. The Balaban J connectivity index is 2.43. The number of nitro groups is 1. The molecule has 0 unspecified atom stereocenters. The lowest BCUT2D eigenvalue weighted by atomic mass is 10.3. The van der Waals surface area contributed by atoms with E-state index in [1.165, 1.54) is 18.3 Å². The van der Waals surface area contributed by atoms with E-state index in [-0.39, 0.29) is 22.3 Å². The van der Waals surface area contributed by atoms with Gasteiger partial charge in [0, 0.05) is 22.8 Å². The van der Waals surface area contributed by atoms with Crippen LogP contribution in [0.2, 0.25) is 5.02 Å². The monoisotopic (exact) mass is 346 g/mol. The van der Waals surface area contributed by atoms with Crippen LogP contribution in [0.15, 0.2) is 34.9 Å². The second-order valence-electron chi connectivity index (χ2n) is 3.41. The highest BCUT2D eigenvalue weighted by Gasteiger charge is 2.19. The summed E-state index contributed by atoms with van der Waals surface area (Å²) in [5, 5.41) is 11.0. The van der Waals surface area contributed by atoms with Gasteiger partial charge in [-0.2, -0.15) is 0 Å². The van der Waals surface area contributed by atoms with E-state index in [0.29, 0.717) is 4.47 Å². The van der Waals surface area contributed by atoms with Gasteiger partial charge in [0.2, 0.25) is 0 Å². The van der Waals surface area contributed by atoms with E-state index >= 15 is 0 Å². The highest BCUT2D eigenvalue weighted by Crippen LogP contribution is 2.34. The molecule has 0 amide bonds. The summed E-state index contributed by atoms with van der Waals surface area (Å²) in [6.07, 6.45) is 1.33. The summed E-state index contributed by atoms with van der Waals surface area (Å²) in [5.74, 6) is -0.876. The third-order valence-electron chi connectivity index (χ3n) is 2.10. The first-order chi connectivity index (χ1) is 8.97. The second kappa shape index (κ2) is 5.50. The van der Waals surface area contributed by atoms with Crippen LogP contribution < -0.4 is 4.74 Å². The number of ether oxygens (including phenoxy) is 1. The van der Waals surface area contributed by atoms with Gasteiger partial charge >= 0.3 is 5.69 Å². The Morgan fingerprint density at radius 2 is 2.16 bits per heavy atom. The molecule has 0 spiro atoms. The minimum absolute atomic E-state index is 0.0420. The Hall–Kier alpha value is -1.73. The molecule has 2 rings (SSSR count). The van der Waals surface area contributed by atoms with Crippen molar-refractivity contribution < 1.29 is 14.1 Å². The summed E-state index contributed by atoms with van der Waals surface area (Å²) in [5.41, 5.74) is -0.352. The highest BCUT2D eigenvalue weighted by molar-refractivity contribution is 9.10.